The lowest BCUT2D eigenvalue weighted by Crippen LogP contribution is -1.92. The summed E-state index contributed by atoms with van der Waals surface area (Å²) >= 11 is 7.13. The Kier molecular flexibility index (Phi) is 5.19. The third-order valence-electron chi connectivity index (χ3n) is 3.41. The maximum atomic E-state index is 11.2. The molecule has 0 aliphatic rings. The van der Waals surface area contributed by atoms with Crippen LogP contribution in [0.25, 0.3) is 11.4 Å². The number of aromatic nitrogens is 3. The van der Waals surface area contributed by atoms with E-state index in [4.69, 9.17) is 16.3 Å². The maximum Gasteiger partial charge on any atom is 0.270 e. The van der Waals surface area contributed by atoms with Gasteiger partial charge in [0.2, 0.25) is 5.16 Å². The lowest BCUT2D eigenvalue weighted by atomic mass is 10.2. The van der Waals surface area contributed by atoms with Crippen molar-refractivity contribution in [2.75, 3.05) is 7.11 Å². The number of carbonyl (C=O) groups excluding carboxylic acids is 1. The normalized spacial score (nSPS) is 10.5. The zero-order chi connectivity index (χ0) is 18.7. The summed E-state index contributed by atoms with van der Waals surface area (Å²) in [5.41, 5.74) is 0.672. The Morgan fingerprint density at radius 1 is 1.31 bits per heavy atom. The van der Waals surface area contributed by atoms with Crippen molar-refractivity contribution in [3.05, 3.63) is 57.1 Å². The Morgan fingerprint density at radius 3 is 2.81 bits per heavy atom. The predicted molar refractivity (Wildman–Crippen MR) is 96.0 cm³/mol. The van der Waals surface area contributed by atoms with Crippen LogP contribution in [0.5, 0.6) is 5.75 Å². The molecule has 0 bridgehead atoms. The molecule has 10 heteroatoms. The number of nitro benzene ring substituents is 1. The average Bonchev–Trinajstić information content (AvgIpc) is 3.10. The van der Waals surface area contributed by atoms with Crippen molar-refractivity contribution in [3.8, 4) is 17.1 Å². The second kappa shape index (κ2) is 7.54. The van der Waals surface area contributed by atoms with Gasteiger partial charge in [-0.3, -0.25) is 20.0 Å². The van der Waals surface area contributed by atoms with E-state index in [0.29, 0.717) is 38.5 Å². The molecule has 0 amide bonds. The molecular formula is C16H11ClN4O4S. The minimum Gasteiger partial charge on any atom is -0.496 e. The summed E-state index contributed by atoms with van der Waals surface area (Å²) < 4.78 is 5.29. The van der Waals surface area contributed by atoms with E-state index < -0.39 is 4.92 Å². The lowest BCUT2D eigenvalue weighted by Gasteiger charge is -2.05. The largest absolute Gasteiger partial charge is 0.496 e. The molecule has 0 aliphatic carbocycles. The molecule has 3 aromatic rings. The predicted octanol–water partition coefficient (Wildman–Crippen LogP) is 4.01. The summed E-state index contributed by atoms with van der Waals surface area (Å²) in [5, 5.41) is 18.6. The molecule has 0 saturated carbocycles. The van der Waals surface area contributed by atoms with Gasteiger partial charge in [0.05, 0.1) is 17.6 Å². The van der Waals surface area contributed by atoms with Crippen molar-refractivity contribution in [2.24, 2.45) is 0 Å². The number of H-pyrrole nitrogens is 1. The van der Waals surface area contributed by atoms with Crippen LogP contribution in [-0.2, 0) is 0 Å². The van der Waals surface area contributed by atoms with Gasteiger partial charge in [-0.05, 0) is 36.0 Å². The minimum atomic E-state index is -0.558. The summed E-state index contributed by atoms with van der Waals surface area (Å²) in [6, 6.07) is 9.13. The van der Waals surface area contributed by atoms with E-state index in [9.17, 15) is 14.9 Å². The first-order valence-corrected chi connectivity index (χ1v) is 8.39. The first kappa shape index (κ1) is 17.9. The first-order chi connectivity index (χ1) is 12.5. The van der Waals surface area contributed by atoms with Crippen LogP contribution in [0, 0.1) is 10.1 Å². The molecule has 0 saturated heterocycles. The van der Waals surface area contributed by atoms with E-state index in [-0.39, 0.29) is 11.3 Å². The maximum absolute atomic E-state index is 11.2. The third-order valence-corrected chi connectivity index (χ3v) is 4.61. The minimum absolute atomic E-state index is 0.157. The molecule has 26 heavy (non-hydrogen) atoms. The van der Waals surface area contributed by atoms with Crippen LogP contribution in [0.3, 0.4) is 0 Å². The molecule has 1 heterocycles. The quantitative estimate of drug-likeness (QED) is 0.384. The Labute approximate surface area is 156 Å². The SMILES string of the molecule is COc1ccc(Cl)cc1-c1nc(Sc2ccc([N+](=O)[O-])cc2C=O)n[nH]1. The Balaban J connectivity index is 1.91. The van der Waals surface area contributed by atoms with E-state index in [1.54, 1.807) is 18.2 Å². The number of aldehydes is 1. The number of aromatic amines is 1. The standard InChI is InChI=1S/C16H11ClN4O4S/c1-25-13-4-2-10(17)7-12(13)15-18-16(20-19-15)26-14-5-3-11(21(23)24)6-9(14)8-22/h2-8H,1H3,(H,18,19,20). The van der Waals surface area contributed by atoms with Crippen LogP contribution in [0.4, 0.5) is 5.69 Å². The number of nitrogens with one attached hydrogen (secondary N) is 1. The van der Waals surface area contributed by atoms with Crippen molar-refractivity contribution in [1.29, 1.82) is 0 Å². The number of nitrogens with zero attached hydrogens (tertiary/aromatic N) is 3. The highest BCUT2D eigenvalue weighted by atomic mass is 35.5. The summed E-state index contributed by atoms with van der Waals surface area (Å²) in [6.07, 6.45) is 0.558. The average molecular weight is 391 g/mol. The number of carbonyl (C=O) groups is 1. The highest BCUT2D eigenvalue weighted by Crippen LogP contribution is 2.34. The van der Waals surface area contributed by atoms with Gasteiger partial charge in [-0.25, -0.2) is 4.98 Å². The Morgan fingerprint density at radius 2 is 2.12 bits per heavy atom. The van der Waals surface area contributed by atoms with Crippen molar-refractivity contribution in [1.82, 2.24) is 15.2 Å². The van der Waals surface area contributed by atoms with Crippen molar-refractivity contribution in [3.63, 3.8) is 0 Å². The van der Waals surface area contributed by atoms with E-state index in [2.05, 4.69) is 15.2 Å². The van der Waals surface area contributed by atoms with Crippen molar-refractivity contribution in [2.45, 2.75) is 10.1 Å². The molecule has 0 spiro atoms. The number of hydrogen-bond donors (Lipinski definition) is 1. The smallest absolute Gasteiger partial charge is 0.270 e. The van der Waals surface area contributed by atoms with Crippen LogP contribution >= 0.6 is 23.4 Å². The molecule has 3 rings (SSSR count). The molecule has 0 aliphatic heterocycles. The van der Waals surface area contributed by atoms with Crippen molar-refractivity contribution >= 4 is 35.3 Å². The zero-order valence-electron chi connectivity index (χ0n) is 13.3. The second-order valence-corrected chi connectivity index (χ2v) is 6.46. The summed E-state index contributed by atoms with van der Waals surface area (Å²) in [7, 11) is 1.53. The molecule has 132 valence electrons. The Bertz CT molecular complexity index is 992. The molecule has 1 N–H and O–H groups in total. The van der Waals surface area contributed by atoms with E-state index in [0.717, 1.165) is 11.8 Å². The molecule has 0 atom stereocenters. The van der Waals surface area contributed by atoms with Crippen LogP contribution in [0.2, 0.25) is 5.02 Å². The lowest BCUT2D eigenvalue weighted by molar-refractivity contribution is -0.384. The van der Waals surface area contributed by atoms with Gasteiger partial charge in [0.25, 0.3) is 5.69 Å². The van der Waals surface area contributed by atoms with Crippen LogP contribution in [-0.4, -0.2) is 33.5 Å². The van der Waals surface area contributed by atoms with Crippen LogP contribution in [0.15, 0.2) is 46.5 Å². The molecule has 2 aromatic carbocycles. The molecule has 0 radical (unpaired) electrons. The zero-order valence-corrected chi connectivity index (χ0v) is 14.9. The number of hydrogen-bond acceptors (Lipinski definition) is 7. The number of nitro groups is 1. The fraction of sp³-hybridized carbons (Fsp3) is 0.0625. The monoisotopic (exact) mass is 390 g/mol. The molecular weight excluding hydrogens is 380 g/mol. The topological polar surface area (TPSA) is 111 Å². The Hall–Kier alpha value is -2.91. The molecule has 1 aromatic heterocycles. The summed E-state index contributed by atoms with van der Waals surface area (Å²) in [5.74, 6) is 1.02. The highest BCUT2D eigenvalue weighted by Gasteiger charge is 2.15. The van der Waals surface area contributed by atoms with Gasteiger partial charge in [0, 0.05) is 27.6 Å². The molecule has 0 fully saturated rings. The molecule has 8 nitrogen and oxygen atoms in total. The third kappa shape index (κ3) is 3.68. The fourth-order valence-corrected chi connectivity index (χ4v) is 3.17. The number of halogens is 1. The van der Waals surface area contributed by atoms with Gasteiger partial charge in [0.1, 0.15) is 5.75 Å². The number of non-ortho nitro benzene ring substituents is 1. The van der Waals surface area contributed by atoms with E-state index in [1.165, 1.54) is 25.3 Å². The van der Waals surface area contributed by atoms with E-state index >= 15 is 0 Å². The molecule has 0 unspecified atom stereocenters. The van der Waals surface area contributed by atoms with Crippen LogP contribution < -0.4 is 4.74 Å². The number of rotatable bonds is 6. The number of methoxy groups -OCH3 is 1. The van der Waals surface area contributed by atoms with Crippen LogP contribution in [0.1, 0.15) is 10.4 Å². The first-order valence-electron chi connectivity index (χ1n) is 7.19. The second-order valence-electron chi connectivity index (χ2n) is 5.01. The van der Waals surface area contributed by atoms with Gasteiger partial charge in [-0.2, -0.15) is 0 Å². The summed E-state index contributed by atoms with van der Waals surface area (Å²) in [6.45, 7) is 0. The van der Waals surface area contributed by atoms with Gasteiger partial charge in [0.15, 0.2) is 12.1 Å². The fourth-order valence-electron chi connectivity index (χ4n) is 2.21. The summed E-state index contributed by atoms with van der Waals surface area (Å²) in [4.78, 5) is 26.4. The number of ether oxygens (including phenoxy) is 1. The van der Waals surface area contributed by atoms with Gasteiger partial charge in [-0.15, -0.1) is 5.10 Å². The number of benzene rings is 2. The van der Waals surface area contributed by atoms with Gasteiger partial charge in [-0.1, -0.05) is 11.6 Å². The highest BCUT2D eigenvalue weighted by molar-refractivity contribution is 7.99. The van der Waals surface area contributed by atoms with E-state index in [1.807, 2.05) is 0 Å². The van der Waals surface area contributed by atoms with Crippen molar-refractivity contribution < 1.29 is 14.5 Å². The van der Waals surface area contributed by atoms with Gasteiger partial charge < -0.3 is 4.74 Å². The van der Waals surface area contributed by atoms with Gasteiger partial charge >= 0.3 is 0 Å².